The third-order valence-corrected chi connectivity index (χ3v) is 3.36. The van der Waals surface area contributed by atoms with Gasteiger partial charge in [0, 0.05) is 15.6 Å². The number of rotatable bonds is 4. The van der Waals surface area contributed by atoms with Gasteiger partial charge in [-0.15, -0.1) is 0 Å². The summed E-state index contributed by atoms with van der Waals surface area (Å²) in [4.78, 5) is 0. The summed E-state index contributed by atoms with van der Waals surface area (Å²) in [6, 6.07) is 12.7. The monoisotopic (exact) mass is 296 g/mol. The van der Waals surface area contributed by atoms with Crippen molar-refractivity contribution in [2.45, 2.75) is 6.04 Å². The van der Waals surface area contributed by atoms with Crippen LogP contribution in [0.5, 0.6) is 5.75 Å². The van der Waals surface area contributed by atoms with Crippen LogP contribution in [0.3, 0.4) is 0 Å². The fourth-order valence-corrected chi connectivity index (χ4v) is 2.26. The highest BCUT2D eigenvalue weighted by molar-refractivity contribution is 6.31. The molecule has 3 nitrogen and oxygen atoms in total. The first-order valence-corrected chi connectivity index (χ1v) is 6.46. The summed E-state index contributed by atoms with van der Waals surface area (Å²) in [5, 5.41) is 1.31. The van der Waals surface area contributed by atoms with Crippen LogP contribution >= 0.6 is 23.2 Å². The first kappa shape index (κ1) is 14.2. The lowest BCUT2D eigenvalue weighted by atomic mass is 9.98. The molecule has 2 aromatic rings. The Bertz CT molecular complexity index is 558. The summed E-state index contributed by atoms with van der Waals surface area (Å²) in [5.74, 6) is 6.39. The maximum atomic E-state index is 6.04. The molecule has 0 bridgehead atoms. The second-order valence-electron chi connectivity index (χ2n) is 4.04. The van der Waals surface area contributed by atoms with Crippen molar-refractivity contribution >= 4 is 23.2 Å². The zero-order valence-corrected chi connectivity index (χ0v) is 11.9. The summed E-state index contributed by atoms with van der Waals surface area (Å²) < 4.78 is 5.35. The van der Waals surface area contributed by atoms with E-state index in [9.17, 15) is 0 Å². The van der Waals surface area contributed by atoms with Gasteiger partial charge in [-0.05, 0) is 35.9 Å². The van der Waals surface area contributed by atoms with Crippen LogP contribution < -0.4 is 16.0 Å². The highest BCUT2D eigenvalue weighted by Gasteiger charge is 2.17. The Kier molecular flexibility index (Phi) is 4.66. The second kappa shape index (κ2) is 6.26. The first-order valence-electron chi connectivity index (χ1n) is 5.70. The highest BCUT2D eigenvalue weighted by atomic mass is 35.5. The molecule has 0 amide bonds. The Balaban J connectivity index is 2.47. The van der Waals surface area contributed by atoms with Gasteiger partial charge in [-0.3, -0.25) is 5.84 Å². The van der Waals surface area contributed by atoms with Crippen LogP contribution in [0, 0.1) is 0 Å². The number of hydrogen-bond acceptors (Lipinski definition) is 3. The van der Waals surface area contributed by atoms with Crippen molar-refractivity contribution in [3.63, 3.8) is 0 Å². The van der Waals surface area contributed by atoms with Crippen molar-refractivity contribution in [2.24, 2.45) is 5.84 Å². The standard InChI is InChI=1S/C14H14Cl2N2O/c1-19-13-7-6-11(16)8-12(13)14(18-17)9-2-4-10(15)5-3-9/h2-8,14,18H,17H2,1H3. The zero-order chi connectivity index (χ0) is 13.8. The van der Waals surface area contributed by atoms with E-state index in [1.54, 1.807) is 13.2 Å². The van der Waals surface area contributed by atoms with Gasteiger partial charge >= 0.3 is 0 Å². The van der Waals surface area contributed by atoms with E-state index in [0.29, 0.717) is 10.0 Å². The molecule has 0 aliphatic carbocycles. The summed E-state index contributed by atoms with van der Waals surface area (Å²) in [6.07, 6.45) is 0. The lowest BCUT2D eigenvalue weighted by Crippen LogP contribution is -2.29. The van der Waals surface area contributed by atoms with Crippen molar-refractivity contribution in [3.05, 3.63) is 63.6 Å². The van der Waals surface area contributed by atoms with Crippen molar-refractivity contribution in [1.29, 1.82) is 0 Å². The molecule has 0 heterocycles. The molecule has 19 heavy (non-hydrogen) atoms. The molecule has 5 heteroatoms. The Morgan fingerprint density at radius 2 is 1.68 bits per heavy atom. The molecule has 0 fully saturated rings. The molecule has 2 aromatic carbocycles. The van der Waals surface area contributed by atoms with Crippen molar-refractivity contribution in [2.75, 3.05) is 7.11 Å². The van der Waals surface area contributed by atoms with E-state index in [1.807, 2.05) is 36.4 Å². The van der Waals surface area contributed by atoms with E-state index in [2.05, 4.69) is 5.43 Å². The molecule has 0 radical (unpaired) electrons. The Hall–Kier alpha value is -1.26. The number of hydrogen-bond donors (Lipinski definition) is 2. The first-order chi connectivity index (χ1) is 9.15. The molecule has 0 saturated carbocycles. The van der Waals surface area contributed by atoms with E-state index in [0.717, 1.165) is 16.9 Å². The van der Waals surface area contributed by atoms with E-state index in [-0.39, 0.29) is 6.04 Å². The highest BCUT2D eigenvalue weighted by Crippen LogP contribution is 2.32. The molecule has 1 atom stereocenters. The van der Waals surface area contributed by atoms with Crippen LogP contribution in [0.1, 0.15) is 17.2 Å². The lowest BCUT2D eigenvalue weighted by Gasteiger charge is -2.20. The molecule has 1 unspecified atom stereocenters. The van der Waals surface area contributed by atoms with Crippen LogP contribution in [0.25, 0.3) is 0 Å². The predicted molar refractivity (Wildman–Crippen MR) is 78.6 cm³/mol. The van der Waals surface area contributed by atoms with Gasteiger partial charge in [0.2, 0.25) is 0 Å². The zero-order valence-electron chi connectivity index (χ0n) is 10.4. The van der Waals surface area contributed by atoms with E-state index in [1.165, 1.54) is 0 Å². The molecule has 0 spiro atoms. The van der Waals surface area contributed by atoms with Gasteiger partial charge in [-0.1, -0.05) is 35.3 Å². The number of benzene rings is 2. The number of halogens is 2. The maximum absolute atomic E-state index is 6.04. The van der Waals surface area contributed by atoms with Crippen molar-refractivity contribution in [1.82, 2.24) is 5.43 Å². The number of methoxy groups -OCH3 is 1. The topological polar surface area (TPSA) is 47.3 Å². The molecule has 0 aliphatic rings. The fourth-order valence-electron chi connectivity index (χ4n) is 1.95. The Morgan fingerprint density at radius 3 is 2.26 bits per heavy atom. The Morgan fingerprint density at radius 1 is 1.05 bits per heavy atom. The molecule has 3 N–H and O–H groups in total. The third kappa shape index (κ3) is 3.19. The fraction of sp³-hybridized carbons (Fsp3) is 0.143. The molecule has 100 valence electrons. The molecule has 0 saturated heterocycles. The minimum absolute atomic E-state index is 0.217. The van der Waals surface area contributed by atoms with Gasteiger partial charge in [-0.2, -0.15) is 0 Å². The second-order valence-corrected chi connectivity index (χ2v) is 4.91. The van der Waals surface area contributed by atoms with E-state index < -0.39 is 0 Å². The van der Waals surface area contributed by atoms with Gasteiger partial charge in [0.25, 0.3) is 0 Å². The Labute approximate surface area is 122 Å². The SMILES string of the molecule is COc1ccc(Cl)cc1C(NN)c1ccc(Cl)cc1. The van der Waals surface area contributed by atoms with E-state index in [4.69, 9.17) is 33.8 Å². The average molecular weight is 297 g/mol. The quantitative estimate of drug-likeness (QED) is 0.670. The minimum Gasteiger partial charge on any atom is -0.496 e. The predicted octanol–water partition coefficient (Wildman–Crippen LogP) is 3.55. The van der Waals surface area contributed by atoms with Gasteiger partial charge < -0.3 is 4.74 Å². The van der Waals surface area contributed by atoms with Gasteiger partial charge in [-0.25, -0.2) is 5.43 Å². The van der Waals surface area contributed by atoms with Crippen LogP contribution in [0.4, 0.5) is 0 Å². The average Bonchev–Trinajstić information content (AvgIpc) is 2.42. The van der Waals surface area contributed by atoms with Crippen molar-refractivity contribution < 1.29 is 4.74 Å². The normalized spacial score (nSPS) is 12.2. The van der Waals surface area contributed by atoms with Crippen molar-refractivity contribution in [3.8, 4) is 5.75 Å². The number of nitrogens with two attached hydrogens (primary N) is 1. The molecular formula is C14H14Cl2N2O. The lowest BCUT2D eigenvalue weighted by molar-refractivity contribution is 0.404. The number of hydrazine groups is 1. The largest absolute Gasteiger partial charge is 0.496 e. The maximum Gasteiger partial charge on any atom is 0.124 e. The van der Waals surface area contributed by atoms with Gasteiger partial charge in [0.15, 0.2) is 0 Å². The van der Waals surface area contributed by atoms with Crippen LogP contribution in [-0.4, -0.2) is 7.11 Å². The third-order valence-electron chi connectivity index (χ3n) is 2.87. The van der Waals surface area contributed by atoms with E-state index >= 15 is 0 Å². The number of nitrogens with one attached hydrogen (secondary N) is 1. The van der Waals surface area contributed by atoms with Crippen LogP contribution in [0.15, 0.2) is 42.5 Å². The minimum atomic E-state index is -0.217. The summed E-state index contributed by atoms with van der Waals surface area (Å²) >= 11 is 11.9. The van der Waals surface area contributed by atoms with Gasteiger partial charge in [0.05, 0.1) is 13.2 Å². The molecular weight excluding hydrogens is 283 g/mol. The molecule has 2 rings (SSSR count). The summed E-state index contributed by atoms with van der Waals surface area (Å²) in [7, 11) is 1.61. The molecule has 0 aromatic heterocycles. The summed E-state index contributed by atoms with van der Waals surface area (Å²) in [6.45, 7) is 0. The van der Waals surface area contributed by atoms with Gasteiger partial charge in [0.1, 0.15) is 5.75 Å². The van der Waals surface area contributed by atoms with Crippen LogP contribution in [0.2, 0.25) is 10.0 Å². The van der Waals surface area contributed by atoms with Crippen LogP contribution in [-0.2, 0) is 0 Å². The smallest absolute Gasteiger partial charge is 0.124 e. The number of ether oxygens (including phenoxy) is 1. The molecule has 0 aliphatic heterocycles. The summed E-state index contributed by atoms with van der Waals surface area (Å²) in [5.41, 5.74) is 4.63.